The topological polar surface area (TPSA) is 59.4 Å². The number of nitrogens with one attached hydrogen (secondary N) is 1. The number of benzene rings is 2. The summed E-state index contributed by atoms with van der Waals surface area (Å²) in [7, 11) is 0. The first-order valence-electron chi connectivity index (χ1n) is 11.2. The lowest BCUT2D eigenvalue weighted by Crippen LogP contribution is -2.44. The van der Waals surface area contributed by atoms with E-state index in [1.807, 2.05) is 68.1 Å². The predicted octanol–water partition coefficient (Wildman–Crippen LogP) is 5.80. The van der Waals surface area contributed by atoms with Crippen molar-refractivity contribution in [3.8, 4) is 0 Å². The predicted molar refractivity (Wildman–Crippen MR) is 129 cm³/mol. The van der Waals surface area contributed by atoms with Gasteiger partial charge in [0.25, 0.3) is 0 Å². The van der Waals surface area contributed by atoms with Gasteiger partial charge in [-0.3, -0.25) is 0 Å². The number of carbonyl (C=O) groups is 1. The Balaban J connectivity index is 1.47. The molecule has 170 valence electrons. The van der Waals surface area contributed by atoms with Crippen LogP contribution < -0.4 is 5.32 Å². The Hall–Kier alpha value is -2.73. The van der Waals surface area contributed by atoms with Crippen LogP contribution in [0.1, 0.15) is 39.2 Å². The zero-order chi connectivity index (χ0) is 22.7. The van der Waals surface area contributed by atoms with Crippen molar-refractivity contribution in [3.05, 3.63) is 59.1 Å². The molecule has 1 atom stereocenters. The van der Waals surface area contributed by atoms with Gasteiger partial charge in [-0.1, -0.05) is 35.9 Å². The molecule has 3 aromatic rings. The highest BCUT2D eigenvalue weighted by atomic mass is 35.5. The second-order valence-electron chi connectivity index (χ2n) is 9.45. The number of anilines is 1. The Bertz CT molecular complexity index is 1070. The van der Waals surface area contributed by atoms with Crippen LogP contribution in [-0.4, -0.2) is 45.8 Å². The van der Waals surface area contributed by atoms with E-state index in [4.69, 9.17) is 21.3 Å². The third kappa shape index (κ3) is 5.54. The first-order valence-corrected chi connectivity index (χ1v) is 11.6. The number of fused-ring (bicyclic) bond motifs is 1. The van der Waals surface area contributed by atoms with Crippen LogP contribution in [0.15, 0.2) is 48.5 Å². The summed E-state index contributed by atoms with van der Waals surface area (Å²) in [4.78, 5) is 19.2. The van der Waals surface area contributed by atoms with E-state index in [0.717, 1.165) is 53.5 Å². The van der Waals surface area contributed by atoms with Gasteiger partial charge in [0, 0.05) is 24.7 Å². The molecule has 0 saturated carbocycles. The van der Waals surface area contributed by atoms with Gasteiger partial charge in [-0.2, -0.15) is 0 Å². The van der Waals surface area contributed by atoms with Crippen molar-refractivity contribution in [1.29, 1.82) is 0 Å². The number of ether oxygens (including phenoxy) is 1. The van der Waals surface area contributed by atoms with Crippen molar-refractivity contribution in [1.82, 2.24) is 14.5 Å². The molecule has 32 heavy (non-hydrogen) atoms. The second-order valence-corrected chi connectivity index (χ2v) is 9.89. The largest absolute Gasteiger partial charge is 0.444 e. The number of likely N-dealkylation sites (tertiary alicyclic amines) is 1. The van der Waals surface area contributed by atoms with Gasteiger partial charge in [0.2, 0.25) is 5.95 Å². The molecule has 4 rings (SSSR count). The van der Waals surface area contributed by atoms with Crippen molar-refractivity contribution in [2.45, 2.75) is 45.8 Å². The van der Waals surface area contributed by atoms with E-state index in [0.29, 0.717) is 19.0 Å². The number of amides is 1. The number of rotatable bonds is 5. The number of nitrogens with zero attached hydrogens (tertiary/aromatic N) is 3. The molecule has 1 fully saturated rings. The molecule has 2 aromatic carbocycles. The minimum absolute atomic E-state index is 0.225. The Morgan fingerprint density at radius 3 is 2.69 bits per heavy atom. The van der Waals surface area contributed by atoms with E-state index >= 15 is 0 Å². The zero-order valence-electron chi connectivity index (χ0n) is 19.0. The van der Waals surface area contributed by atoms with E-state index < -0.39 is 5.60 Å². The van der Waals surface area contributed by atoms with Gasteiger partial charge in [0.15, 0.2) is 0 Å². The van der Waals surface area contributed by atoms with Crippen LogP contribution in [0, 0.1) is 5.92 Å². The smallest absolute Gasteiger partial charge is 0.410 e. The molecule has 0 radical (unpaired) electrons. The van der Waals surface area contributed by atoms with Crippen molar-refractivity contribution in [2.75, 3.05) is 25.0 Å². The number of hydrogen-bond donors (Lipinski definition) is 1. The molecule has 1 N–H and O–H groups in total. The highest BCUT2D eigenvalue weighted by Crippen LogP contribution is 2.24. The molecule has 1 aromatic heterocycles. The van der Waals surface area contributed by atoms with E-state index in [9.17, 15) is 4.79 Å². The van der Waals surface area contributed by atoms with Crippen LogP contribution in [0.3, 0.4) is 0 Å². The summed E-state index contributed by atoms with van der Waals surface area (Å²) >= 11 is 6.06. The fraction of sp³-hybridized carbons (Fsp3) is 0.440. The molecule has 7 heteroatoms. The van der Waals surface area contributed by atoms with Gasteiger partial charge in [-0.05, 0) is 69.4 Å². The Kier molecular flexibility index (Phi) is 6.60. The summed E-state index contributed by atoms with van der Waals surface area (Å²) in [6.07, 6.45) is 1.83. The lowest BCUT2D eigenvalue weighted by molar-refractivity contribution is 0.0172. The van der Waals surface area contributed by atoms with Crippen molar-refractivity contribution < 1.29 is 9.53 Å². The number of piperidine rings is 1. The first-order chi connectivity index (χ1) is 15.3. The highest BCUT2D eigenvalue weighted by Gasteiger charge is 2.27. The first kappa shape index (κ1) is 22.5. The van der Waals surface area contributed by atoms with Crippen molar-refractivity contribution in [3.63, 3.8) is 0 Å². The van der Waals surface area contributed by atoms with E-state index in [1.165, 1.54) is 0 Å². The van der Waals surface area contributed by atoms with Crippen LogP contribution >= 0.6 is 11.6 Å². The van der Waals surface area contributed by atoms with Gasteiger partial charge in [-0.25, -0.2) is 9.78 Å². The number of halogens is 1. The molecule has 0 spiro atoms. The zero-order valence-corrected chi connectivity index (χ0v) is 19.7. The van der Waals surface area contributed by atoms with Crippen molar-refractivity contribution in [2.24, 2.45) is 5.92 Å². The van der Waals surface area contributed by atoms with Gasteiger partial charge >= 0.3 is 6.09 Å². The molecular weight excluding hydrogens is 424 g/mol. The third-order valence-corrected chi connectivity index (χ3v) is 5.88. The summed E-state index contributed by atoms with van der Waals surface area (Å²) in [6, 6.07) is 16.1. The minimum atomic E-state index is -0.477. The van der Waals surface area contributed by atoms with Gasteiger partial charge in [0.1, 0.15) is 5.60 Å². The Labute approximate surface area is 194 Å². The highest BCUT2D eigenvalue weighted by molar-refractivity contribution is 6.30. The van der Waals surface area contributed by atoms with E-state index in [1.54, 1.807) is 0 Å². The number of para-hydroxylation sites is 2. The molecule has 6 nitrogen and oxygen atoms in total. The SMILES string of the molecule is CC(C)(C)OC(=O)N1CCC[C@@H](CNc2nc3ccccc3n2Cc2ccc(Cl)cc2)C1. The van der Waals surface area contributed by atoms with Gasteiger partial charge in [0.05, 0.1) is 17.6 Å². The maximum atomic E-state index is 12.5. The third-order valence-electron chi connectivity index (χ3n) is 5.63. The number of carbonyl (C=O) groups excluding carboxylic acids is 1. The molecule has 1 aliphatic heterocycles. The summed E-state index contributed by atoms with van der Waals surface area (Å²) < 4.78 is 7.76. The average molecular weight is 455 g/mol. The van der Waals surface area contributed by atoms with E-state index in [2.05, 4.69) is 16.0 Å². The molecule has 1 saturated heterocycles. The number of aromatic nitrogens is 2. The van der Waals surface area contributed by atoms with Crippen LogP contribution in [-0.2, 0) is 11.3 Å². The molecule has 0 unspecified atom stereocenters. The second kappa shape index (κ2) is 9.41. The molecule has 1 amide bonds. The lowest BCUT2D eigenvalue weighted by atomic mass is 9.98. The fourth-order valence-corrected chi connectivity index (χ4v) is 4.23. The molecule has 2 heterocycles. The van der Waals surface area contributed by atoms with Crippen LogP contribution in [0.5, 0.6) is 0 Å². The Morgan fingerprint density at radius 1 is 1.19 bits per heavy atom. The molecule has 1 aliphatic rings. The molecule has 0 aliphatic carbocycles. The number of imidazole rings is 1. The molecular formula is C25H31ClN4O2. The fourth-order valence-electron chi connectivity index (χ4n) is 4.10. The van der Waals surface area contributed by atoms with E-state index in [-0.39, 0.29) is 6.09 Å². The van der Waals surface area contributed by atoms with Gasteiger partial charge in [-0.15, -0.1) is 0 Å². The van der Waals surface area contributed by atoms with Crippen LogP contribution in [0.2, 0.25) is 5.02 Å². The van der Waals surface area contributed by atoms with Crippen LogP contribution in [0.4, 0.5) is 10.7 Å². The van der Waals surface area contributed by atoms with Gasteiger partial charge < -0.3 is 19.5 Å². The summed E-state index contributed by atoms with van der Waals surface area (Å²) in [5, 5.41) is 4.29. The quantitative estimate of drug-likeness (QED) is 0.529. The summed E-state index contributed by atoms with van der Waals surface area (Å²) in [5.41, 5.74) is 2.73. The van der Waals surface area contributed by atoms with Crippen LogP contribution in [0.25, 0.3) is 11.0 Å². The minimum Gasteiger partial charge on any atom is -0.444 e. The normalized spacial score (nSPS) is 16.9. The number of hydrogen-bond acceptors (Lipinski definition) is 4. The molecule has 0 bridgehead atoms. The maximum Gasteiger partial charge on any atom is 0.410 e. The average Bonchev–Trinajstić information content (AvgIpc) is 3.10. The lowest BCUT2D eigenvalue weighted by Gasteiger charge is -2.34. The monoisotopic (exact) mass is 454 g/mol. The summed E-state index contributed by atoms with van der Waals surface area (Å²) in [6.45, 7) is 8.61. The standard InChI is InChI=1S/C25H31ClN4O2/c1-25(2,3)32-24(31)29-14-6-7-19(16-29)15-27-23-28-21-8-4-5-9-22(21)30(23)17-18-10-12-20(26)13-11-18/h4-5,8-13,19H,6-7,14-17H2,1-3H3,(H,27,28)/t19-/m0/s1. The Morgan fingerprint density at radius 2 is 1.94 bits per heavy atom. The summed E-state index contributed by atoms with van der Waals surface area (Å²) in [5.74, 6) is 1.19. The maximum absolute atomic E-state index is 12.5. The van der Waals surface area contributed by atoms with Crippen molar-refractivity contribution >= 4 is 34.7 Å².